The van der Waals surface area contributed by atoms with Gasteiger partial charge in [-0.15, -0.1) is 11.3 Å². The van der Waals surface area contributed by atoms with Gasteiger partial charge in [-0.1, -0.05) is 29.8 Å². The summed E-state index contributed by atoms with van der Waals surface area (Å²) < 4.78 is 0. The van der Waals surface area contributed by atoms with Gasteiger partial charge in [0.05, 0.1) is 15.3 Å². The first-order valence-electron chi connectivity index (χ1n) is 10.3. The maximum absolute atomic E-state index is 12.9. The van der Waals surface area contributed by atoms with Crippen LogP contribution < -0.4 is 15.1 Å². The lowest BCUT2D eigenvalue weighted by Gasteiger charge is -2.37. The van der Waals surface area contributed by atoms with Gasteiger partial charge < -0.3 is 15.1 Å². The van der Waals surface area contributed by atoms with Crippen molar-refractivity contribution < 1.29 is 4.79 Å². The molecule has 1 aliphatic rings. The number of nitrogens with zero attached hydrogens (tertiary/aromatic N) is 5. The predicted octanol–water partition coefficient (Wildman–Crippen LogP) is 4.63. The molecule has 0 atom stereocenters. The summed E-state index contributed by atoms with van der Waals surface area (Å²) in [5.74, 6) is 1.14. The van der Waals surface area contributed by atoms with Crippen molar-refractivity contribution in [1.82, 2.24) is 15.0 Å². The number of anilines is 3. The van der Waals surface area contributed by atoms with Gasteiger partial charge in [0, 0.05) is 38.1 Å². The molecule has 4 heterocycles. The summed E-state index contributed by atoms with van der Waals surface area (Å²) in [6, 6.07) is 13.8. The van der Waals surface area contributed by atoms with E-state index in [4.69, 9.17) is 11.6 Å². The quantitative estimate of drug-likeness (QED) is 0.474. The lowest BCUT2D eigenvalue weighted by Crippen LogP contribution is -2.46. The number of aromatic nitrogens is 3. The van der Waals surface area contributed by atoms with Crippen LogP contribution in [-0.4, -0.2) is 47.0 Å². The Labute approximate surface area is 194 Å². The Morgan fingerprint density at radius 3 is 2.47 bits per heavy atom. The van der Waals surface area contributed by atoms with E-state index in [-0.39, 0.29) is 5.91 Å². The summed E-state index contributed by atoms with van der Waals surface area (Å²) in [5, 5.41) is 4.31. The van der Waals surface area contributed by atoms with E-state index in [0.717, 1.165) is 47.8 Å². The Morgan fingerprint density at radius 1 is 1.00 bits per heavy atom. The van der Waals surface area contributed by atoms with Crippen LogP contribution in [0.3, 0.4) is 0 Å². The van der Waals surface area contributed by atoms with Gasteiger partial charge in [-0.3, -0.25) is 4.79 Å². The van der Waals surface area contributed by atoms with Gasteiger partial charge >= 0.3 is 0 Å². The molecular formula is C23H21ClN6OS. The minimum absolute atomic E-state index is 0.208. The summed E-state index contributed by atoms with van der Waals surface area (Å²) in [6.07, 6.45) is 3.09. The third-order valence-electron chi connectivity index (χ3n) is 5.58. The van der Waals surface area contributed by atoms with Crippen molar-refractivity contribution in [3.8, 4) is 0 Å². The summed E-state index contributed by atoms with van der Waals surface area (Å²) in [6.45, 7) is 5.48. The van der Waals surface area contributed by atoms with Crippen LogP contribution in [0.2, 0.25) is 5.02 Å². The van der Waals surface area contributed by atoms with Crippen molar-refractivity contribution in [2.45, 2.75) is 6.92 Å². The number of aryl methyl sites for hydroxylation is 1. The van der Waals surface area contributed by atoms with E-state index in [2.05, 4.69) is 54.3 Å². The van der Waals surface area contributed by atoms with E-state index in [1.165, 1.54) is 23.2 Å². The van der Waals surface area contributed by atoms with Crippen molar-refractivity contribution in [3.05, 3.63) is 70.5 Å². The molecule has 0 bridgehead atoms. The third-order valence-corrected chi connectivity index (χ3v) is 7.00. The molecule has 3 aromatic heterocycles. The number of thiophene rings is 1. The van der Waals surface area contributed by atoms with E-state index in [9.17, 15) is 4.79 Å². The number of piperazine rings is 1. The highest BCUT2D eigenvalue weighted by atomic mass is 35.5. The number of hydrogen-bond donors (Lipinski definition) is 1. The molecule has 1 amide bonds. The average Bonchev–Trinajstić information content (AvgIpc) is 3.18. The Bertz CT molecular complexity index is 1250. The first kappa shape index (κ1) is 20.7. The molecule has 4 aromatic rings. The van der Waals surface area contributed by atoms with Gasteiger partial charge in [0.1, 0.15) is 22.8 Å². The van der Waals surface area contributed by atoms with E-state index in [1.807, 2.05) is 13.0 Å². The Morgan fingerprint density at radius 2 is 1.75 bits per heavy atom. The zero-order chi connectivity index (χ0) is 22.1. The van der Waals surface area contributed by atoms with Crippen LogP contribution in [0.15, 0.2) is 55.0 Å². The Balaban J connectivity index is 1.39. The highest BCUT2D eigenvalue weighted by Crippen LogP contribution is 2.35. The summed E-state index contributed by atoms with van der Waals surface area (Å²) in [7, 11) is 0. The van der Waals surface area contributed by atoms with Gasteiger partial charge in [0.2, 0.25) is 0 Å². The van der Waals surface area contributed by atoms with E-state index >= 15 is 0 Å². The summed E-state index contributed by atoms with van der Waals surface area (Å²) >= 11 is 7.26. The first-order valence-corrected chi connectivity index (χ1v) is 11.5. The molecule has 0 unspecified atom stereocenters. The second-order valence-electron chi connectivity index (χ2n) is 7.56. The molecule has 32 heavy (non-hydrogen) atoms. The number of amides is 1. The van der Waals surface area contributed by atoms with Crippen LogP contribution in [0, 0.1) is 6.92 Å². The molecule has 162 valence electrons. The number of hydrogen-bond acceptors (Lipinski definition) is 7. The smallest absolute Gasteiger partial charge is 0.267 e. The number of carbonyl (C=O) groups excluding carboxylic acids is 1. The van der Waals surface area contributed by atoms with Crippen molar-refractivity contribution in [2.75, 3.05) is 41.3 Å². The molecule has 5 rings (SSSR count). The lowest BCUT2D eigenvalue weighted by atomic mass is 10.1. The van der Waals surface area contributed by atoms with Gasteiger partial charge in [-0.05, 0) is 36.8 Å². The maximum Gasteiger partial charge on any atom is 0.267 e. The molecule has 1 aromatic carbocycles. The van der Waals surface area contributed by atoms with Crippen LogP contribution in [0.1, 0.15) is 15.2 Å². The highest BCUT2D eigenvalue weighted by Gasteiger charge is 2.24. The highest BCUT2D eigenvalue weighted by molar-refractivity contribution is 7.20. The molecule has 1 N–H and O–H groups in total. The third kappa shape index (κ3) is 3.99. The normalized spacial score (nSPS) is 14.1. The molecule has 0 aliphatic carbocycles. The fraction of sp³-hybridized carbons (Fsp3) is 0.217. The van der Waals surface area contributed by atoms with Crippen LogP contribution in [0.25, 0.3) is 10.2 Å². The Hall–Kier alpha value is -3.23. The van der Waals surface area contributed by atoms with Crippen LogP contribution in [0.4, 0.5) is 17.3 Å². The van der Waals surface area contributed by atoms with Gasteiger partial charge in [0.15, 0.2) is 0 Å². The molecule has 1 fully saturated rings. The molecular weight excluding hydrogens is 444 g/mol. The summed E-state index contributed by atoms with van der Waals surface area (Å²) in [5.41, 5.74) is 2.12. The van der Waals surface area contributed by atoms with Crippen molar-refractivity contribution >= 4 is 56.4 Å². The number of halogens is 1. The minimum Gasteiger partial charge on any atom is -0.368 e. The number of benzene rings is 1. The first-order chi connectivity index (χ1) is 15.6. The molecule has 0 spiro atoms. The fourth-order valence-corrected chi connectivity index (χ4v) is 5.10. The van der Waals surface area contributed by atoms with Gasteiger partial charge in [0.25, 0.3) is 5.91 Å². The van der Waals surface area contributed by atoms with Crippen molar-refractivity contribution in [2.24, 2.45) is 0 Å². The lowest BCUT2D eigenvalue weighted by molar-refractivity contribution is 0.102. The SMILES string of the molecule is Cc1c(C(=O)Nc2ccc(Cl)cn2)sc2ncnc(N3CCN(c4ccccc4)CC3)c12. The average molecular weight is 465 g/mol. The minimum atomic E-state index is -0.208. The topological polar surface area (TPSA) is 74.2 Å². The predicted molar refractivity (Wildman–Crippen MR) is 130 cm³/mol. The molecule has 0 radical (unpaired) electrons. The number of pyridine rings is 1. The number of para-hydroxylation sites is 1. The van der Waals surface area contributed by atoms with Gasteiger partial charge in [-0.2, -0.15) is 0 Å². The summed E-state index contributed by atoms with van der Waals surface area (Å²) in [4.78, 5) is 32.2. The van der Waals surface area contributed by atoms with Gasteiger partial charge in [-0.25, -0.2) is 15.0 Å². The zero-order valence-corrected chi connectivity index (χ0v) is 19.0. The van der Waals surface area contributed by atoms with E-state index in [1.54, 1.807) is 18.5 Å². The fourth-order valence-electron chi connectivity index (χ4n) is 3.95. The molecule has 0 saturated carbocycles. The van der Waals surface area contributed by atoms with Crippen molar-refractivity contribution in [3.63, 3.8) is 0 Å². The second kappa shape index (κ2) is 8.72. The van der Waals surface area contributed by atoms with Crippen LogP contribution in [0.5, 0.6) is 0 Å². The van der Waals surface area contributed by atoms with Crippen molar-refractivity contribution in [1.29, 1.82) is 0 Å². The molecule has 1 saturated heterocycles. The number of fused-ring (bicyclic) bond motifs is 1. The maximum atomic E-state index is 12.9. The van der Waals surface area contributed by atoms with Crippen LogP contribution in [-0.2, 0) is 0 Å². The molecule has 1 aliphatic heterocycles. The number of rotatable bonds is 4. The molecule has 7 nitrogen and oxygen atoms in total. The second-order valence-corrected chi connectivity index (χ2v) is 8.99. The zero-order valence-electron chi connectivity index (χ0n) is 17.5. The van der Waals surface area contributed by atoms with Crippen LogP contribution >= 0.6 is 22.9 Å². The standard InChI is InChI=1S/C23H21ClN6OS/c1-15-19-21(30-11-9-29(10-12-30)17-5-3-2-4-6-17)26-14-27-23(19)32-20(15)22(31)28-18-8-7-16(24)13-25-18/h2-8,13-14H,9-12H2,1H3,(H,25,28,31). The largest absolute Gasteiger partial charge is 0.368 e. The van der Waals surface area contributed by atoms with E-state index < -0.39 is 0 Å². The molecule has 9 heteroatoms. The Kier molecular flexibility index (Phi) is 5.63. The van der Waals surface area contributed by atoms with E-state index in [0.29, 0.717) is 15.7 Å². The monoisotopic (exact) mass is 464 g/mol. The number of carbonyl (C=O) groups is 1. The number of nitrogens with one attached hydrogen (secondary N) is 1.